The second kappa shape index (κ2) is 5.91. The second-order valence-electron chi connectivity index (χ2n) is 6.92. The van der Waals surface area contributed by atoms with Crippen LogP contribution in [0.25, 0.3) is 0 Å². The van der Waals surface area contributed by atoms with Crippen LogP contribution >= 0.6 is 7.14 Å². The third kappa shape index (κ3) is 5.69. The van der Waals surface area contributed by atoms with E-state index in [1.165, 1.54) is 0 Å². The first-order valence-corrected chi connectivity index (χ1v) is 8.47. The molecule has 0 aromatic heterocycles. The Balaban J connectivity index is 3.37. The summed E-state index contributed by atoms with van der Waals surface area (Å²) < 4.78 is 13.2. The zero-order valence-corrected chi connectivity index (χ0v) is 14.1. The lowest BCUT2D eigenvalue weighted by atomic mass is 9.99. The predicted octanol–water partition coefficient (Wildman–Crippen LogP) is 4.69. The van der Waals surface area contributed by atoms with Crippen molar-refractivity contribution in [1.82, 2.24) is 0 Å². The molecule has 0 saturated carbocycles. The van der Waals surface area contributed by atoms with Gasteiger partial charge in [-0.2, -0.15) is 0 Å². The molecule has 0 bridgehead atoms. The van der Waals surface area contributed by atoms with Crippen LogP contribution in [-0.4, -0.2) is 0 Å². The molecule has 0 aliphatic rings. The van der Waals surface area contributed by atoms with Crippen molar-refractivity contribution in [3.63, 3.8) is 0 Å². The van der Waals surface area contributed by atoms with Gasteiger partial charge in [0.2, 0.25) is 0 Å². The van der Waals surface area contributed by atoms with Crippen LogP contribution in [0, 0.1) is 34.0 Å². The maximum Gasteiger partial charge on any atom is 0.250 e. The zero-order chi connectivity index (χ0) is 15.4. The molecule has 1 aromatic rings. The summed E-state index contributed by atoms with van der Waals surface area (Å²) in [7, 11) is -2.99. The molecule has 0 amide bonds. The maximum atomic E-state index is 13.2. The summed E-state index contributed by atoms with van der Waals surface area (Å²) >= 11 is 0. The van der Waals surface area contributed by atoms with Gasteiger partial charge in [0.05, 0.1) is 0 Å². The highest BCUT2D eigenvalue weighted by molar-refractivity contribution is 7.80. The van der Waals surface area contributed by atoms with Gasteiger partial charge in [-0.05, 0) is 65.0 Å². The van der Waals surface area contributed by atoms with Crippen LogP contribution in [0.4, 0.5) is 0 Å². The fourth-order valence-corrected chi connectivity index (χ4v) is 3.18. The van der Waals surface area contributed by atoms with Crippen molar-refractivity contribution < 1.29 is 4.57 Å². The Hall–Kier alpha value is -1.43. The van der Waals surface area contributed by atoms with E-state index >= 15 is 0 Å². The first-order chi connectivity index (χ1) is 9.02. The molecule has 0 N–H and O–H groups in total. The molecule has 0 radical (unpaired) electrons. The Morgan fingerprint density at radius 1 is 0.800 bits per heavy atom. The minimum atomic E-state index is -2.99. The lowest BCUT2D eigenvalue weighted by Crippen LogP contribution is -2.05. The third-order valence-electron chi connectivity index (χ3n) is 2.30. The Morgan fingerprint density at radius 2 is 1.20 bits per heavy atom. The number of rotatable bonds is 1. The third-order valence-corrected chi connectivity index (χ3v) is 4.18. The Bertz CT molecular complexity index is 584. The standard InChI is InChI=1S/C18H23OP/c1-17(2,3)12-14-20(19,15-13-18(4,5)6)16-10-8-7-9-11-16/h7-11H,1-6H3. The van der Waals surface area contributed by atoms with E-state index in [0.29, 0.717) is 5.30 Å². The van der Waals surface area contributed by atoms with E-state index in [1.807, 2.05) is 71.9 Å². The van der Waals surface area contributed by atoms with Crippen molar-refractivity contribution in [1.29, 1.82) is 0 Å². The number of benzene rings is 1. The van der Waals surface area contributed by atoms with Crippen molar-refractivity contribution in [2.75, 3.05) is 0 Å². The Kier molecular flexibility index (Phi) is 4.91. The molecule has 106 valence electrons. The van der Waals surface area contributed by atoms with Crippen LogP contribution in [0.3, 0.4) is 0 Å². The fourth-order valence-electron chi connectivity index (χ4n) is 1.29. The molecule has 0 spiro atoms. The molecule has 0 aliphatic carbocycles. The minimum Gasteiger partial charge on any atom is -0.291 e. The average molecular weight is 286 g/mol. The molecule has 1 aromatic carbocycles. The molecule has 0 saturated heterocycles. The van der Waals surface area contributed by atoms with Gasteiger partial charge < -0.3 is 0 Å². The highest BCUT2D eigenvalue weighted by atomic mass is 31.2. The van der Waals surface area contributed by atoms with Crippen LogP contribution in [0.5, 0.6) is 0 Å². The smallest absolute Gasteiger partial charge is 0.250 e. The maximum absolute atomic E-state index is 13.2. The SMILES string of the molecule is CC(C)(C)C#CP(=O)(C#CC(C)(C)C)c1ccccc1. The van der Waals surface area contributed by atoms with E-state index in [2.05, 4.69) is 23.2 Å². The van der Waals surface area contributed by atoms with Gasteiger partial charge in [-0.3, -0.25) is 4.57 Å². The van der Waals surface area contributed by atoms with Gasteiger partial charge in [0.25, 0.3) is 7.14 Å². The molecule has 0 fully saturated rings. The van der Waals surface area contributed by atoms with Gasteiger partial charge in [-0.25, -0.2) is 0 Å². The highest BCUT2D eigenvalue weighted by Crippen LogP contribution is 2.42. The van der Waals surface area contributed by atoms with Gasteiger partial charge >= 0.3 is 0 Å². The molecule has 0 unspecified atom stereocenters. The number of hydrogen-bond acceptors (Lipinski definition) is 1. The first-order valence-electron chi connectivity index (χ1n) is 6.76. The minimum absolute atomic E-state index is 0.187. The van der Waals surface area contributed by atoms with Crippen LogP contribution in [0.1, 0.15) is 41.5 Å². The molecule has 0 atom stereocenters. The summed E-state index contributed by atoms with van der Waals surface area (Å²) in [6.45, 7) is 12.0. The highest BCUT2D eigenvalue weighted by Gasteiger charge is 2.21. The van der Waals surface area contributed by atoms with Crippen LogP contribution < -0.4 is 5.30 Å². The number of hydrogen-bond donors (Lipinski definition) is 0. The summed E-state index contributed by atoms with van der Waals surface area (Å²) in [4.78, 5) is 0. The molecule has 1 rings (SSSR count). The molecule has 1 nitrogen and oxygen atoms in total. The summed E-state index contributed by atoms with van der Waals surface area (Å²) in [6, 6.07) is 9.34. The van der Waals surface area contributed by atoms with E-state index in [4.69, 9.17) is 0 Å². The van der Waals surface area contributed by atoms with Gasteiger partial charge in [-0.1, -0.05) is 30.0 Å². The van der Waals surface area contributed by atoms with Crippen LogP contribution in [-0.2, 0) is 4.57 Å². The van der Waals surface area contributed by atoms with Gasteiger partial charge in [0.1, 0.15) is 0 Å². The molecule has 0 aliphatic heterocycles. The zero-order valence-electron chi connectivity index (χ0n) is 13.2. The van der Waals surface area contributed by atoms with E-state index in [9.17, 15) is 4.57 Å². The predicted molar refractivity (Wildman–Crippen MR) is 88.1 cm³/mol. The van der Waals surface area contributed by atoms with Gasteiger partial charge in [0, 0.05) is 16.1 Å². The lowest BCUT2D eigenvalue weighted by molar-refractivity contribution is 0.569. The average Bonchev–Trinajstić information content (AvgIpc) is 2.33. The first kappa shape index (κ1) is 16.6. The van der Waals surface area contributed by atoms with Crippen LogP contribution in [0.15, 0.2) is 30.3 Å². The van der Waals surface area contributed by atoms with Crippen molar-refractivity contribution in [2.45, 2.75) is 41.5 Å². The van der Waals surface area contributed by atoms with E-state index in [0.717, 1.165) is 0 Å². The van der Waals surface area contributed by atoms with Gasteiger partial charge in [0.15, 0.2) is 0 Å². The molecular formula is C18H23OP. The summed E-state index contributed by atoms with van der Waals surface area (Å²) in [5, 5.41) is 0.716. The molecule has 0 heterocycles. The molecule has 2 heteroatoms. The fraction of sp³-hybridized carbons (Fsp3) is 0.444. The van der Waals surface area contributed by atoms with Crippen molar-refractivity contribution in [2.24, 2.45) is 10.8 Å². The van der Waals surface area contributed by atoms with E-state index < -0.39 is 7.14 Å². The van der Waals surface area contributed by atoms with Crippen molar-refractivity contribution in [3.8, 4) is 23.2 Å². The summed E-state index contributed by atoms with van der Waals surface area (Å²) in [5.41, 5.74) is 5.54. The summed E-state index contributed by atoms with van der Waals surface area (Å²) in [6.07, 6.45) is 0. The normalized spacial score (nSPS) is 11.9. The quantitative estimate of drug-likeness (QED) is 0.540. The van der Waals surface area contributed by atoms with Crippen LogP contribution in [0.2, 0.25) is 0 Å². The second-order valence-corrected chi connectivity index (χ2v) is 9.10. The van der Waals surface area contributed by atoms with Crippen molar-refractivity contribution >= 4 is 12.4 Å². The molecular weight excluding hydrogens is 263 g/mol. The monoisotopic (exact) mass is 286 g/mol. The summed E-state index contributed by atoms with van der Waals surface area (Å²) in [5.74, 6) is 6.16. The lowest BCUT2D eigenvalue weighted by Gasteiger charge is -2.11. The Morgan fingerprint density at radius 3 is 1.55 bits per heavy atom. The van der Waals surface area contributed by atoms with Crippen molar-refractivity contribution in [3.05, 3.63) is 30.3 Å². The van der Waals surface area contributed by atoms with E-state index in [-0.39, 0.29) is 10.8 Å². The Labute approximate surface area is 123 Å². The van der Waals surface area contributed by atoms with Gasteiger partial charge in [-0.15, -0.1) is 0 Å². The van der Waals surface area contributed by atoms with E-state index in [1.54, 1.807) is 0 Å². The largest absolute Gasteiger partial charge is 0.291 e. The molecule has 20 heavy (non-hydrogen) atoms. The topological polar surface area (TPSA) is 17.1 Å².